The highest BCUT2D eigenvalue weighted by molar-refractivity contribution is 6.07. The number of hydrogen-bond acceptors (Lipinski definition) is 5. The average molecular weight is 442 g/mol. The van der Waals surface area contributed by atoms with E-state index in [0.717, 1.165) is 5.56 Å². The van der Waals surface area contributed by atoms with Crippen molar-refractivity contribution in [2.45, 2.75) is 13.1 Å². The fraction of sp³-hybridized carbons (Fsp3) is 0.143. The summed E-state index contributed by atoms with van der Waals surface area (Å²) in [7, 11) is 1.51. The lowest BCUT2D eigenvalue weighted by Gasteiger charge is -2.05. The Bertz CT molecular complexity index is 1260. The van der Waals surface area contributed by atoms with Crippen LogP contribution in [0.15, 0.2) is 54.7 Å². The summed E-state index contributed by atoms with van der Waals surface area (Å²) in [5, 5.41) is 12.0. The van der Waals surface area contributed by atoms with Crippen LogP contribution in [0.25, 0.3) is 16.9 Å². The number of aromatic amines is 1. The van der Waals surface area contributed by atoms with E-state index in [1.165, 1.54) is 18.0 Å². The molecule has 4 rings (SSSR count). The predicted molar refractivity (Wildman–Crippen MR) is 110 cm³/mol. The number of nitrogens with one attached hydrogen (secondary N) is 2. The third-order valence-corrected chi connectivity index (χ3v) is 4.58. The Morgan fingerprint density at radius 1 is 1.16 bits per heavy atom. The average Bonchev–Trinajstić information content (AvgIpc) is 3.42. The maximum Gasteiger partial charge on any atom is 0.451 e. The fourth-order valence-corrected chi connectivity index (χ4v) is 2.97. The Hall–Kier alpha value is -4.15. The number of aromatic nitrogens is 5. The molecular weight excluding hydrogens is 425 g/mol. The summed E-state index contributed by atoms with van der Waals surface area (Å²) >= 11 is 0. The molecule has 32 heavy (non-hydrogen) atoms. The number of H-pyrrole nitrogens is 1. The summed E-state index contributed by atoms with van der Waals surface area (Å²) in [5.74, 6) is -1.96. The lowest BCUT2D eigenvalue weighted by atomic mass is 10.1. The standard InChI is InChI=1S/C21H17F3N6O2/c1-12-6-8-14(9-7-12)30-11-16(17(29-30)13-4-3-5-15(10-13)32-2)18(31)25-20-26-19(27-28-20)21(22,23)24/h3-11H,1-2H3,(H2,25,26,27,28,31). The molecule has 0 aliphatic carbocycles. The van der Waals surface area contributed by atoms with E-state index in [9.17, 15) is 18.0 Å². The van der Waals surface area contributed by atoms with Gasteiger partial charge in [-0.05, 0) is 31.2 Å². The molecule has 8 nitrogen and oxygen atoms in total. The number of aryl methyl sites for hydroxylation is 1. The van der Waals surface area contributed by atoms with Crippen molar-refractivity contribution in [3.8, 4) is 22.7 Å². The van der Waals surface area contributed by atoms with E-state index >= 15 is 0 Å². The molecule has 2 aromatic carbocycles. The van der Waals surface area contributed by atoms with Crippen molar-refractivity contribution >= 4 is 11.9 Å². The van der Waals surface area contributed by atoms with Crippen LogP contribution in [0.5, 0.6) is 5.75 Å². The van der Waals surface area contributed by atoms with Gasteiger partial charge >= 0.3 is 6.18 Å². The molecule has 0 bridgehead atoms. The second-order valence-corrected chi connectivity index (χ2v) is 6.86. The van der Waals surface area contributed by atoms with Crippen molar-refractivity contribution < 1.29 is 22.7 Å². The van der Waals surface area contributed by atoms with Crippen LogP contribution in [0.2, 0.25) is 0 Å². The molecule has 164 valence electrons. The number of carbonyl (C=O) groups is 1. The van der Waals surface area contributed by atoms with Crippen molar-refractivity contribution in [1.82, 2.24) is 25.0 Å². The molecule has 0 aliphatic heterocycles. The minimum atomic E-state index is -4.71. The Balaban J connectivity index is 1.74. The molecule has 0 spiro atoms. The van der Waals surface area contributed by atoms with E-state index in [-0.39, 0.29) is 5.56 Å². The van der Waals surface area contributed by atoms with E-state index in [4.69, 9.17) is 4.74 Å². The van der Waals surface area contributed by atoms with E-state index in [0.29, 0.717) is 22.7 Å². The molecule has 2 N–H and O–H groups in total. The Morgan fingerprint density at radius 2 is 1.91 bits per heavy atom. The van der Waals surface area contributed by atoms with Gasteiger partial charge in [-0.15, -0.1) is 5.10 Å². The number of methoxy groups -OCH3 is 1. The topological polar surface area (TPSA) is 97.7 Å². The van der Waals surface area contributed by atoms with Crippen molar-refractivity contribution in [1.29, 1.82) is 0 Å². The number of amides is 1. The monoisotopic (exact) mass is 442 g/mol. The van der Waals surface area contributed by atoms with Crippen molar-refractivity contribution in [2.75, 3.05) is 12.4 Å². The van der Waals surface area contributed by atoms with E-state index < -0.39 is 23.9 Å². The van der Waals surface area contributed by atoms with Gasteiger partial charge in [0, 0.05) is 11.8 Å². The van der Waals surface area contributed by atoms with Gasteiger partial charge in [-0.1, -0.05) is 29.8 Å². The van der Waals surface area contributed by atoms with Gasteiger partial charge in [0.25, 0.3) is 5.91 Å². The van der Waals surface area contributed by atoms with Crippen LogP contribution in [0.3, 0.4) is 0 Å². The number of carbonyl (C=O) groups excluding carboxylic acids is 1. The maximum atomic E-state index is 12.9. The van der Waals surface area contributed by atoms with Gasteiger partial charge in [-0.2, -0.15) is 23.3 Å². The maximum absolute atomic E-state index is 12.9. The molecular formula is C21H17F3N6O2. The van der Waals surface area contributed by atoms with Gasteiger partial charge in [0.2, 0.25) is 11.8 Å². The smallest absolute Gasteiger partial charge is 0.451 e. The lowest BCUT2D eigenvalue weighted by Crippen LogP contribution is -2.14. The summed E-state index contributed by atoms with van der Waals surface area (Å²) in [4.78, 5) is 16.2. The van der Waals surface area contributed by atoms with E-state index in [1.54, 1.807) is 29.4 Å². The van der Waals surface area contributed by atoms with E-state index in [1.807, 2.05) is 31.2 Å². The number of benzene rings is 2. The number of ether oxygens (including phenoxy) is 1. The molecule has 4 aromatic rings. The molecule has 0 saturated heterocycles. The van der Waals surface area contributed by atoms with Gasteiger partial charge in [0.15, 0.2) is 0 Å². The summed E-state index contributed by atoms with van der Waals surface area (Å²) in [5.41, 5.74) is 2.78. The molecule has 0 aliphatic rings. The van der Waals surface area contributed by atoms with Crippen molar-refractivity contribution in [3.05, 3.63) is 71.7 Å². The Labute approximate surface area is 180 Å². The van der Waals surface area contributed by atoms with E-state index in [2.05, 4.69) is 20.5 Å². The van der Waals surface area contributed by atoms with Gasteiger partial charge in [0.1, 0.15) is 11.4 Å². The molecule has 0 unspecified atom stereocenters. The van der Waals surface area contributed by atoms with Crippen LogP contribution in [0.4, 0.5) is 19.1 Å². The first-order valence-corrected chi connectivity index (χ1v) is 9.36. The fourth-order valence-electron chi connectivity index (χ4n) is 2.97. The van der Waals surface area contributed by atoms with Crippen LogP contribution in [-0.4, -0.2) is 38.0 Å². The summed E-state index contributed by atoms with van der Waals surface area (Å²) < 4.78 is 45.1. The number of nitrogens with zero attached hydrogens (tertiary/aromatic N) is 4. The molecule has 0 radical (unpaired) electrons. The summed E-state index contributed by atoms with van der Waals surface area (Å²) in [6.07, 6.45) is -3.22. The zero-order valence-corrected chi connectivity index (χ0v) is 16.9. The third-order valence-electron chi connectivity index (χ3n) is 4.58. The highest BCUT2D eigenvalue weighted by Crippen LogP contribution is 2.29. The minimum absolute atomic E-state index is 0.122. The quantitative estimate of drug-likeness (QED) is 0.482. The second kappa shape index (κ2) is 8.17. The SMILES string of the molecule is COc1cccc(-c2nn(-c3ccc(C)cc3)cc2C(=O)Nc2n[nH]c(C(F)(F)F)n2)c1. The predicted octanol–water partition coefficient (Wildman–Crippen LogP) is 4.25. The Kier molecular flexibility index (Phi) is 5.39. The van der Waals surface area contributed by atoms with Crippen molar-refractivity contribution in [3.63, 3.8) is 0 Å². The first-order chi connectivity index (χ1) is 15.2. The third kappa shape index (κ3) is 4.31. The highest BCUT2D eigenvalue weighted by atomic mass is 19.4. The largest absolute Gasteiger partial charge is 0.497 e. The lowest BCUT2D eigenvalue weighted by molar-refractivity contribution is -0.144. The minimum Gasteiger partial charge on any atom is -0.497 e. The number of anilines is 1. The number of rotatable bonds is 5. The van der Waals surface area contributed by atoms with Crippen molar-refractivity contribution in [2.24, 2.45) is 0 Å². The number of alkyl halides is 3. The van der Waals surface area contributed by atoms with Crippen LogP contribution in [-0.2, 0) is 6.18 Å². The van der Waals surface area contributed by atoms with Gasteiger partial charge in [0.05, 0.1) is 18.4 Å². The second-order valence-electron chi connectivity index (χ2n) is 6.86. The highest BCUT2D eigenvalue weighted by Gasteiger charge is 2.35. The first kappa shape index (κ1) is 21.1. The summed E-state index contributed by atoms with van der Waals surface area (Å²) in [6, 6.07) is 14.4. The van der Waals surface area contributed by atoms with Crippen LogP contribution in [0.1, 0.15) is 21.7 Å². The molecule has 2 aromatic heterocycles. The molecule has 1 amide bonds. The normalized spacial score (nSPS) is 11.4. The number of hydrogen-bond donors (Lipinski definition) is 2. The van der Waals surface area contributed by atoms with Crippen LogP contribution < -0.4 is 10.1 Å². The van der Waals surface area contributed by atoms with Gasteiger partial charge < -0.3 is 4.74 Å². The van der Waals surface area contributed by atoms with Gasteiger partial charge in [-0.25, -0.2) is 4.68 Å². The summed E-state index contributed by atoms with van der Waals surface area (Å²) in [6.45, 7) is 1.94. The molecule has 2 heterocycles. The molecule has 0 atom stereocenters. The zero-order chi connectivity index (χ0) is 22.9. The first-order valence-electron chi connectivity index (χ1n) is 9.36. The number of halogens is 3. The molecule has 0 saturated carbocycles. The Morgan fingerprint density at radius 3 is 2.56 bits per heavy atom. The zero-order valence-electron chi connectivity index (χ0n) is 16.9. The molecule has 0 fully saturated rings. The van der Waals surface area contributed by atoms with Crippen LogP contribution >= 0.6 is 0 Å². The van der Waals surface area contributed by atoms with Gasteiger partial charge in [-0.3, -0.25) is 15.2 Å². The van der Waals surface area contributed by atoms with Crippen LogP contribution in [0, 0.1) is 6.92 Å². The molecule has 11 heteroatoms.